The van der Waals surface area contributed by atoms with Crippen LogP contribution in [0.1, 0.15) is 57.7 Å². The van der Waals surface area contributed by atoms with Gasteiger partial charge >= 0.3 is 5.97 Å². The molecule has 0 aliphatic heterocycles. The maximum atomic E-state index is 12.9. The van der Waals surface area contributed by atoms with Gasteiger partial charge in [-0.15, -0.1) is 34.4 Å². The standard InChI is InChI=1S/C27H30N2O4S3/c1-27(2,3)16-10-11-19-21(13-16)36-25(23(19)26(32)33-4)29-22(30)15-35-18-8-5-7-17(14-18)28-24(31)20-9-6-12-34-20/h5-9,12,14,16H,10-11,13,15H2,1-4H3,(H,28,31)(H,29,30). The van der Waals surface area contributed by atoms with Crippen LogP contribution in [0, 0.1) is 11.3 Å². The van der Waals surface area contributed by atoms with E-state index in [9.17, 15) is 14.4 Å². The van der Waals surface area contributed by atoms with Crippen molar-refractivity contribution in [2.75, 3.05) is 23.5 Å². The molecule has 1 unspecified atom stereocenters. The highest BCUT2D eigenvalue weighted by Crippen LogP contribution is 2.44. The van der Waals surface area contributed by atoms with E-state index in [1.165, 1.54) is 46.4 Å². The molecule has 2 N–H and O–H groups in total. The Bertz CT molecular complexity index is 1260. The molecule has 4 rings (SSSR count). The third-order valence-electron chi connectivity index (χ3n) is 6.34. The predicted octanol–water partition coefficient (Wildman–Crippen LogP) is 6.73. The first-order chi connectivity index (χ1) is 17.2. The SMILES string of the molecule is COC(=O)c1c(NC(=O)CSc2cccc(NC(=O)c3cccs3)c2)sc2c1CCC(C(C)(C)C)C2. The Balaban J connectivity index is 1.42. The molecule has 1 atom stereocenters. The van der Waals surface area contributed by atoms with Crippen LogP contribution in [-0.2, 0) is 22.4 Å². The minimum atomic E-state index is -0.404. The summed E-state index contributed by atoms with van der Waals surface area (Å²) in [5.41, 5.74) is 2.38. The van der Waals surface area contributed by atoms with Gasteiger partial charge in [-0.05, 0) is 65.8 Å². The number of amides is 2. The Morgan fingerprint density at radius 2 is 1.94 bits per heavy atom. The number of thioether (sulfide) groups is 1. The van der Waals surface area contributed by atoms with E-state index in [1.807, 2.05) is 35.7 Å². The van der Waals surface area contributed by atoms with Gasteiger partial charge < -0.3 is 15.4 Å². The zero-order valence-corrected chi connectivity index (χ0v) is 23.3. The fourth-order valence-electron chi connectivity index (χ4n) is 4.31. The molecule has 9 heteroatoms. The first kappa shape index (κ1) is 26.4. The second kappa shape index (κ2) is 11.2. The van der Waals surface area contributed by atoms with Crippen molar-refractivity contribution in [2.24, 2.45) is 11.3 Å². The quantitative estimate of drug-likeness (QED) is 0.255. The monoisotopic (exact) mass is 542 g/mol. The minimum Gasteiger partial charge on any atom is -0.465 e. The van der Waals surface area contributed by atoms with Crippen molar-refractivity contribution in [2.45, 2.75) is 44.9 Å². The van der Waals surface area contributed by atoms with Gasteiger partial charge in [0.2, 0.25) is 5.91 Å². The average Bonchev–Trinajstić information content (AvgIpc) is 3.50. The van der Waals surface area contributed by atoms with Gasteiger partial charge in [-0.1, -0.05) is 32.9 Å². The molecule has 0 radical (unpaired) electrons. The molecular formula is C27H30N2O4S3. The average molecular weight is 543 g/mol. The number of esters is 1. The van der Waals surface area contributed by atoms with Crippen molar-refractivity contribution in [3.05, 3.63) is 62.7 Å². The van der Waals surface area contributed by atoms with Crippen molar-refractivity contribution in [3.8, 4) is 0 Å². The summed E-state index contributed by atoms with van der Waals surface area (Å²) in [6, 6.07) is 11.0. The van der Waals surface area contributed by atoms with Crippen LogP contribution in [0.25, 0.3) is 0 Å². The topological polar surface area (TPSA) is 84.5 Å². The molecule has 0 spiro atoms. The Kier molecular flexibility index (Phi) is 8.22. The number of fused-ring (bicyclic) bond motifs is 1. The number of anilines is 2. The van der Waals surface area contributed by atoms with Crippen molar-refractivity contribution in [3.63, 3.8) is 0 Å². The highest BCUT2D eigenvalue weighted by atomic mass is 32.2. The summed E-state index contributed by atoms with van der Waals surface area (Å²) < 4.78 is 5.06. The van der Waals surface area contributed by atoms with Crippen molar-refractivity contribution in [1.82, 2.24) is 0 Å². The molecule has 3 aromatic rings. The lowest BCUT2D eigenvalue weighted by atomic mass is 9.72. The van der Waals surface area contributed by atoms with Crippen LogP contribution in [-0.4, -0.2) is 30.6 Å². The summed E-state index contributed by atoms with van der Waals surface area (Å²) in [5, 5.41) is 8.28. The molecule has 6 nitrogen and oxygen atoms in total. The number of carbonyl (C=O) groups is 3. The van der Waals surface area contributed by atoms with Crippen LogP contribution in [0.15, 0.2) is 46.7 Å². The second-order valence-corrected chi connectivity index (χ2v) is 12.9. The van der Waals surface area contributed by atoms with E-state index in [0.29, 0.717) is 27.0 Å². The first-order valence-electron chi connectivity index (χ1n) is 11.8. The number of thiophene rings is 2. The lowest BCUT2D eigenvalue weighted by Crippen LogP contribution is -2.26. The summed E-state index contributed by atoms with van der Waals surface area (Å²) in [5.74, 6) is -0.0461. The smallest absolute Gasteiger partial charge is 0.341 e. The lowest BCUT2D eigenvalue weighted by molar-refractivity contribution is -0.113. The molecule has 0 bridgehead atoms. The molecule has 36 heavy (non-hydrogen) atoms. The highest BCUT2D eigenvalue weighted by molar-refractivity contribution is 8.00. The zero-order chi connectivity index (χ0) is 25.9. The summed E-state index contributed by atoms with van der Waals surface area (Å²) in [4.78, 5) is 40.5. The van der Waals surface area contributed by atoms with Gasteiger partial charge in [-0.2, -0.15) is 0 Å². The van der Waals surface area contributed by atoms with E-state index >= 15 is 0 Å². The summed E-state index contributed by atoms with van der Waals surface area (Å²) in [6.45, 7) is 6.75. The number of hydrogen-bond donors (Lipinski definition) is 2. The largest absolute Gasteiger partial charge is 0.465 e. The molecule has 2 aromatic heterocycles. The van der Waals surface area contributed by atoms with Crippen LogP contribution in [0.4, 0.5) is 10.7 Å². The van der Waals surface area contributed by atoms with Gasteiger partial charge in [0.25, 0.3) is 5.91 Å². The number of carbonyl (C=O) groups excluding carboxylic acids is 3. The molecule has 0 fully saturated rings. The maximum Gasteiger partial charge on any atom is 0.341 e. The Morgan fingerprint density at radius 1 is 1.14 bits per heavy atom. The molecule has 0 saturated carbocycles. The molecule has 1 aromatic carbocycles. The third-order valence-corrected chi connectivity index (χ3v) is 9.37. The fourth-order valence-corrected chi connectivity index (χ4v) is 7.01. The van der Waals surface area contributed by atoms with Crippen LogP contribution in [0.2, 0.25) is 0 Å². The second-order valence-electron chi connectivity index (χ2n) is 9.80. The molecule has 1 aliphatic rings. The first-order valence-corrected chi connectivity index (χ1v) is 14.4. The van der Waals surface area contributed by atoms with Gasteiger partial charge in [-0.25, -0.2) is 4.79 Å². The van der Waals surface area contributed by atoms with Crippen LogP contribution in [0.5, 0.6) is 0 Å². The van der Waals surface area contributed by atoms with E-state index in [-0.39, 0.29) is 23.0 Å². The molecule has 2 heterocycles. The van der Waals surface area contributed by atoms with Gasteiger partial charge in [0, 0.05) is 15.5 Å². The molecule has 190 valence electrons. The van der Waals surface area contributed by atoms with Gasteiger partial charge in [0.05, 0.1) is 23.3 Å². The summed E-state index contributed by atoms with van der Waals surface area (Å²) in [6.07, 6.45) is 2.73. The van der Waals surface area contributed by atoms with E-state index in [4.69, 9.17) is 4.74 Å². The molecular weight excluding hydrogens is 513 g/mol. The normalized spacial score (nSPS) is 15.2. The number of ether oxygens (including phenoxy) is 1. The van der Waals surface area contributed by atoms with Gasteiger partial charge in [0.1, 0.15) is 5.00 Å². The number of methoxy groups -OCH3 is 1. The fraction of sp³-hybridized carbons (Fsp3) is 0.370. The molecule has 0 saturated heterocycles. The number of hydrogen-bond acceptors (Lipinski definition) is 7. The molecule has 2 amide bonds. The van der Waals surface area contributed by atoms with E-state index in [1.54, 1.807) is 6.07 Å². The predicted molar refractivity (Wildman–Crippen MR) is 149 cm³/mol. The number of nitrogens with one attached hydrogen (secondary N) is 2. The zero-order valence-electron chi connectivity index (χ0n) is 20.8. The van der Waals surface area contributed by atoms with Crippen LogP contribution < -0.4 is 10.6 Å². The van der Waals surface area contributed by atoms with Crippen LogP contribution in [0.3, 0.4) is 0 Å². The van der Waals surface area contributed by atoms with E-state index < -0.39 is 5.97 Å². The lowest BCUT2D eigenvalue weighted by Gasteiger charge is -2.33. The third kappa shape index (κ3) is 6.19. The highest BCUT2D eigenvalue weighted by Gasteiger charge is 2.34. The van der Waals surface area contributed by atoms with Crippen molar-refractivity contribution in [1.29, 1.82) is 0 Å². The number of rotatable bonds is 7. The summed E-state index contributed by atoms with van der Waals surface area (Å²) >= 11 is 4.25. The summed E-state index contributed by atoms with van der Waals surface area (Å²) in [7, 11) is 1.37. The van der Waals surface area contributed by atoms with E-state index in [2.05, 4.69) is 31.4 Å². The Morgan fingerprint density at radius 3 is 2.64 bits per heavy atom. The van der Waals surface area contributed by atoms with E-state index in [0.717, 1.165) is 29.7 Å². The van der Waals surface area contributed by atoms with Crippen molar-refractivity contribution < 1.29 is 19.1 Å². The molecule has 1 aliphatic carbocycles. The Labute approximate surface area is 223 Å². The van der Waals surface area contributed by atoms with Crippen molar-refractivity contribution >= 4 is 62.9 Å². The van der Waals surface area contributed by atoms with Gasteiger partial charge in [-0.3, -0.25) is 9.59 Å². The van der Waals surface area contributed by atoms with Crippen LogP contribution >= 0.6 is 34.4 Å². The van der Waals surface area contributed by atoms with Gasteiger partial charge in [0.15, 0.2) is 0 Å². The number of benzene rings is 1. The maximum absolute atomic E-state index is 12.9. The minimum absolute atomic E-state index is 0.157. The Hall–Kier alpha value is -2.62.